The molecule has 1 unspecified atom stereocenters. The lowest BCUT2D eigenvalue weighted by Gasteiger charge is -2.33. The Bertz CT molecular complexity index is 408. The average Bonchev–Trinajstić information content (AvgIpc) is 2.39. The summed E-state index contributed by atoms with van der Waals surface area (Å²) in [6, 6.07) is 0.324. The van der Waals surface area contributed by atoms with Gasteiger partial charge >= 0.3 is 11.7 Å². The number of hydrogen-bond donors (Lipinski definition) is 1. The van der Waals surface area contributed by atoms with E-state index < -0.39 is 11.7 Å². The van der Waals surface area contributed by atoms with Crippen LogP contribution in [0.3, 0.4) is 0 Å². The zero-order chi connectivity index (χ0) is 14.3. The summed E-state index contributed by atoms with van der Waals surface area (Å²) in [5.41, 5.74) is -0.459. The van der Waals surface area contributed by atoms with Gasteiger partial charge in [0.15, 0.2) is 10.7 Å². The van der Waals surface area contributed by atoms with Crippen molar-refractivity contribution in [2.75, 3.05) is 19.7 Å². The Kier molecular flexibility index (Phi) is 6.03. The summed E-state index contributed by atoms with van der Waals surface area (Å²) in [4.78, 5) is 16.4. The topological polar surface area (TPSA) is 77.9 Å². The lowest BCUT2D eigenvalue weighted by Crippen LogP contribution is -2.40. The highest BCUT2D eigenvalue weighted by atomic mass is 16.5. The molecule has 0 saturated carbocycles. The van der Waals surface area contributed by atoms with E-state index >= 15 is 0 Å². The molecule has 0 aliphatic carbocycles. The molecule has 6 nitrogen and oxygen atoms in total. The lowest BCUT2D eigenvalue weighted by molar-refractivity contribution is -0.139. The first-order valence-electron chi connectivity index (χ1n) is 6.38. The van der Waals surface area contributed by atoms with Crippen LogP contribution in [0.4, 0.5) is 0 Å². The molecule has 1 fully saturated rings. The molecule has 1 heterocycles. The summed E-state index contributed by atoms with van der Waals surface area (Å²) in [7, 11) is 0. The quantitative estimate of drug-likeness (QED) is 0.271. The summed E-state index contributed by atoms with van der Waals surface area (Å²) in [6.45, 7) is 6.81. The van der Waals surface area contributed by atoms with E-state index in [1.54, 1.807) is 0 Å². The monoisotopic (exact) mass is 266 g/mol. The van der Waals surface area contributed by atoms with E-state index in [0.717, 1.165) is 19.4 Å². The molecule has 1 atom stereocenters. The fourth-order valence-corrected chi connectivity index (χ4v) is 2.15. The van der Waals surface area contributed by atoms with Crippen LogP contribution in [0.15, 0.2) is 24.1 Å². The van der Waals surface area contributed by atoms with Gasteiger partial charge in [0.2, 0.25) is 5.39 Å². The maximum absolute atomic E-state index is 11.5. The second kappa shape index (κ2) is 7.54. The molecule has 6 heteroatoms. The number of diazo groups is 1. The van der Waals surface area contributed by atoms with Crippen LogP contribution in [0.25, 0.3) is 4.98 Å². The largest absolute Gasteiger partial charge is 0.505 e. The molecule has 104 valence electrons. The van der Waals surface area contributed by atoms with Crippen LogP contribution < -0.4 is 0 Å². The van der Waals surface area contributed by atoms with Crippen molar-refractivity contribution in [1.82, 2.24) is 4.90 Å². The second-order valence-corrected chi connectivity index (χ2v) is 4.50. The Hall–Kier alpha value is -1.87. The standard InChI is InChI=1S/C13H19N3O3/c1-3-11-6-4-5-7-16(11)8-9-19-13(18)12(15-14)10(2)17/h3,11H,1,4-9H2,2H3/p+1. The molecule has 0 radical (unpaired) electrons. The summed E-state index contributed by atoms with van der Waals surface area (Å²) < 4.78 is 4.97. The van der Waals surface area contributed by atoms with Gasteiger partial charge in [0.1, 0.15) is 6.61 Å². The summed E-state index contributed by atoms with van der Waals surface area (Å²) in [5.74, 6) is -1.19. The van der Waals surface area contributed by atoms with Gasteiger partial charge < -0.3 is 9.84 Å². The number of aliphatic hydroxyl groups excluding tert-OH is 1. The van der Waals surface area contributed by atoms with Crippen LogP contribution in [-0.4, -0.2) is 41.7 Å². The maximum Gasteiger partial charge on any atom is 0.504 e. The van der Waals surface area contributed by atoms with E-state index in [1.807, 2.05) is 6.08 Å². The Labute approximate surface area is 113 Å². The average molecular weight is 266 g/mol. The fourth-order valence-electron chi connectivity index (χ4n) is 2.15. The molecule has 0 aromatic heterocycles. The van der Waals surface area contributed by atoms with Crippen molar-refractivity contribution < 1.29 is 14.6 Å². The third kappa shape index (κ3) is 4.38. The fraction of sp³-hybridized carbons (Fsp3) is 0.615. The minimum atomic E-state index is -0.824. The Morgan fingerprint density at radius 2 is 2.37 bits per heavy atom. The van der Waals surface area contributed by atoms with Gasteiger partial charge in [0, 0.05) is 19.5 Å². The van der Waals surface area contributed by atoms with Crippen LogP contribution in [0.5, 0.6) is 0 Å². The minimum absolute atomic E-state index is 0.190. The van der Waals surface area contributed by atoms with Crippen molar-refractivity contribution in [3.05, 3.63) is 29.1 Å². The Balaban J connectivity index is 2.42. The van der Waals surface area contributed by atoms with Gasteiger partial charge in [-0.2, -0.15) is 0 Å². The lowest BCUT2D eigenvalue weighted by atomic mass is 10.0. The molecule has 1 aliphatic heterocycles. The van der Waals surface area contributed by atoms with Crippen molar-refractivity contribution in [3.63, 3.8) is 0 Å². The molecule has 1 aliphatic rings. The first-order valence-corrected chi connectivity index (χ1v) is 6.38. The number of carbonyl (C=O) groups is 1. The van der Waals surface area contributed by atoms with Gasteiger partial charge in [-0.05, 0) is 19.4 Å². The number of ether oxygens (including phenoxy) is 1. The third-order valence-electron chi connectivity index (χ3n) is 3.18. The Morgan fingerprint density at radius 3 is 2.95 bits per heavy atom. The SMILES string of the molecule is C=CC1CCCCN1CCOC(=O)/C([N+]#N)=C(/C)O. The van der Waals surface area contributed by atoms with Crippen LogP contribution in [-0.2, 0) is 9.53 Å². The third-order valence-corrected chi connectivity index (χ3v) is 3.18. The van der Waals surface area contributed by atoms with Crippen molar-refractivity contribution in [3.8, 4) is 0 Å². The number of rotatable bonds is 5. The van der Waals surface area contributed by atoms with Crippen LogP contribution in [0.2, 0.25) is 0 Å². The van der Waals surface area contributed by atoms with Crippen LogP contribution in [0.1, 0.15) is 26.2 Å². The van der Waals surface area contributed by atoms with Crippen molar-refractivity contribution in [2.45, 2.75) is 32.2 Å². The number of carbonyl (C=O) groups excluding carboxylic acids is 1. The molecule has 1 rings (SSSR count). The molecule has 0 aromatic rings. The zero-order valence-corrected chi connectivity index (χ0v) is 11.2. The molecule has 0 amide bonds. The summed E-state index contributed by atoms with van der Waals surface area (Å²) >= 11 is 0. The molecule has 1 saturated heterocycles. The van der Waals surface area contributed by atoms with Gasteiger partial charge in [-0.25, -0.2) is 4.79 Å². The van der Waals surface area contributed by atoms with Crippen LogP contribution >= 0.6 is 0 Å². The second-order valence-electron chi connectivity index (χ2n) is 4.50. The molecule has 0 aromatic carbocycles. The Morgan fingerprint density at radius 1 is 1.63 bits per heavy atom. The number of hydrogen-bond acceptors (Lipinski definition) is 5. The number of allylic oxidation sites excluding steroid dienone is 1. The van der Waals surface area contributed by atoms with Crippen molar-refractivity contribution >= 4 is 5.97 Å². The number of esters is 1. The van der Waals surface area contributed by atoms with Crippen molar-refractivity contribution in [2.24, 2.45) is 0 Å². The highest BCUT2D eigenvalue weighted by molar-refractivity contribution is 5.90. The number of likely N-dealkylation sites (tertiary alicyclic amines) is 1. The van der Waals surface area contributed by atoms with Gasteiger partial charge in [-0.1, -0.05) is 12.5 Å². The van der Waals surface area contributed by atoms with Gasteiger partial charge in [0.25, 0.3) is 0 Å². The van der Waals surface area contributed by atoms with Gasteiger partial charge in [-0.15, -0.1) is 6.58 Å². The minimum Gasteiger partial charge on any atom is -0.505 e. The normalized spacial score (nSPS) is 21.2. The molecular weight excluding hydrogens is 246 g/mol. The number of aliphatic hydroxyl groups is 1. The molecule has 19 heavy (non-hydrogen) atoms. The molecule has 0 spiro atoms. The number of piperidine rings is 1. The smallest absolute Gasteiger partial charge is 0.504 e. The summed E-state index contributed by atoms with van der Waals surface area (Å²) in [6.07, 6.45) is 5.30. The van der Waals surface area contributed by atoms with Crippen molar-refractivity contribution in [1.29, 1.82) is 5.39 Å². The predicted octanol–water partition coefficient (Wildman–Crippen LogP) is 2.21. The van der Waals surface area contributed by atoms with E-state index in [4.69, 9.17) is 15.2 Å². The molecular formula is C13H20N3O3+. The summed E-state index contributed by atoms with van der Waals surface area (Å²) in [5, 5.41) is 17.7. The van der Waals surface area contributed by atoms with E-state index in [0.29, 0.717) is 12.6 Å². The highest BCUT2D eigenvalue weighted by Crippen LogP contribution is 2.17. The number of nitrogens with zero attached hydrogens (tertiary/aromatic N) is 3. The molecule has 1 N–H and O–H groups in total. The first kappa shape index (κ1) is 15.2. The zero-order valence-electron chi connectivity index (χ0n) is 11.2. The molecule has 0 bridgehead atoms. The highest BCUT2D eigenvalue weighted by Gasteiger charge is 2.29. The van der Waals surface area contributed by atoms with Crippen LogP contribution in [0, 0.1) is 5.39 Å². The van der Waals surface area contributed by atoms with E-state index in [1.165, 1.54) is 13.3 Å². The van der Waals surface area contributed by atoms with E-state index in [2.05, 4.69) is 16.5 Å². The van der Waals surface area contributed by atoms with Gasteiger partial charge in [0.05, 0.1) is 0 Å². The predicted molar refractivity (Wildman–Crippen MR) is 70.8 cm³/mol. The van der Waals surface area contributed by atoms with E-state index in [9.17, 15) is 4.79 Å². The maximum atomic E-state index is 11.5. The first-order chi connectivity index (χ1) is 9.10. The van der Waals surface area contributed by atoms with E-state index in [-0.39, 0.29) is 12.4 Å². The van der Waals surface area contributed by atoms with Gasteiger partial charge in [-0.3, -0.25) is 4.90 Å².